The Hall–Kier alpha value is -1.35. The van der Waals surface area contributed by atoms with E-state index in [4.69, 9.17) is 5.11 Å². The van der Waals surface area contributed by atoms with Gasteiger partial charge in [-0.25, -0.2) is 0 Å². The number of hydrogen-bond acceptors (Lipinski definition) is 3. The molecule has 0 fully saturated rings. The predicted octanol–water partition coefficient (Wildman–Crippen LogP) is 3.27. The summed E-state index contributed by atoms with van der Waals surface area (Å²) in [7, 11) is 0. The van der Waals surface area contributed by atoms with Crippen LogP contribution in [0.15, 0.2) is 30.0 Å². The molecule has 0 bridgehead atoms. The summed E-state index contributed by atoms with van der Waals surface area (Å²) in [5, 5.41) is 15.7. The van der Waals surface area contributed by atoms with E-state index in [1.807, 2.05) is 20.8 Å². The molecule has 0 atom stereocenters. The minimum atomic E-state index is -0.783. The Labute approximate surface area is 135 Å². The summed E-state index contributed by atoms with van der Waals surface area (Å²) >= 11 is 0. The van der Waals surface area contributed by atoms with Gasteiger partial charge in [-0.2, -0.15) is 0 Å². The summed E-state index contributed by atoms with van der Waals surface area (Å²) in [5.74, 6) is -0.783. The molecule has 126 valence electrons. The van der Waals surface area contributed by atoms with E-state index in [0.29, 0.717) is 6.42 Å². The molecule has 0 radical (unpaired) electrons. The lowest BCUT2D eigenvalue weighted by Gasteiger charge is -2.30. The molecule has 0 aliphatic carbocycles. The molecule has 4 nitrogen and oxygen atoms in total. The zero-order chi connectivity index (χ0) is 17.4. The van der Waals surface area contributed by atoms with Gasteiger partial charge >= 0.3 is 5.97 Å². The number of rotatable bonds is 11. The minimum absolute atomic E-state index is 0.0949. The van der Waals surface area contributed by atoms with Crippen molar-refractivity contribution in [3.63, 3.8) is 0 Å². The number of aliphatic carboxylic acids is 1. The molecule has 0 heterocycles. The van der Waals surface area contributed by atoms with E-state index in [1.54, 1.807) is 0 Å². The molecule has 0 aromatic heterocycles. The van der Waals surface area contributed by atoms with Gasteiger partial charge in [-0.3, -0.25) is 4.79 Å². The summed E-state index contributed by atoms with van der Waals surface area (Å²) in [6.07, 6.45) is 1.61. The highest BCUT2D eigenvalue weighted by Crippen LogP contribution is 2.19. The average Bonchev–Trinajstić information content (AvgIpc) is 2.42. The molecule has 0 saturated heterocycles. The van der Waals surface area contributed by atoms with Gasteiger partial charge in [0.15, 0.2) is 0 Å². The Morgan fingerprint density at radius 2 is 1.59 bits per heavy atom. The maximum atomic E-state index is 10.6. The fraction of sp³-hybridized carbons (Fsp3) is 0.667. The van der Waals surface area contributed by atoms with Crippen molar-refractivity contribution in [1.82, 2.24) is 10.6 Å². The number of carboxylic acid groups (broad SMARTS) is 1. The van der Waals surface area contributed by atoms with Crippen molar-refractivity contribution in [2.75, 3.05) is 13.1 Å². The van der Waals surface area contributed by atoms with Crippen LogP contribution in [-0.2, 0) is 4.79 Å². The van der Waals surface area contributed by atoms with Gasteiger partial charge in [0, 0.05) is 17.5 Å². The second-order valence-corrected chi connectivity index (χ2v) is 6.76. The molecule has 0 spiro atoms. The number of hydrogen-bond donors (Lipinski definition) is 3. The molecule has 0 amide bonds. The van der Waals surface area contributed by atoms with Gasteiger partial charge in [0.25, 0.3) is 0 Å². The Kier molecular flexibility index (Phi) is 8.39. The number of nitrogens with one attached hydrogen (secondary N) is 2. The molecule has 22 heavy (non-hydrogen) atoms. The molecule has 0 saturated carbocycles. The topological polar surface area (TPSA) is 61.4 Å². The van der Waals surface area contributed by atoms with Crippen LogP contribution in [-0.4, -0.2) is 35.2 Å². The van der Waals surface area contributed by atoms with E-state index < -0.39 is 5.97 Å². The monoisotopic (exact) mass is 308 g/mol. The average molecular weight is 308 g/mol. The summed E-state index contributed by atoms with van der Waals surface area (Å²) in [6.45, 7) is 19.8. The first-order valence-electron chi connectivity index (χ1n) is 7.80. The van der Waals surface area contributed by atoms with Gasteiger partial charge in [0.1, 0.15) is 0 Å². The van der Waals surface area contributed by atoms with Crippen molar-refractivity contribution in [3.8, 4) is 0 Å². The number of carboxylic acids is 1. The summed E-state index contributed by atoms with van der Waals surface area (Å²) in [4.78, 5) is 10.6. The van der Waals surface area contributed by atoms with Crippen LogP contribution in [0, 0.1) is 0 Å². The first kappa shape index (κ1) is 20.6. The van der Waals surface area contributed by atoms with Gasteiger partial charge in [-0.15, -0.1) is 5.73 Å². The molecule has 4 heteroatoms. The van der Waals surface area contributed by atoms with E-state index in [1.165, 1.54) is 0 Å². The normalized spacial score (nSPS) is 11.9. The van der Waals surface area contributed by atoms with Gasteiger partial charge in [-0.1, -0.05) is 18.7 Å². The first-order chi connectivity index (χ1) is 10.0. The second kappa shape index (κ2) is 8.94. The van der Waals surface area contributed by atoms with Gasteiger partial charge < -0.3 is 15.7 Å². The highest BCUT2D eigenvalue weighted by atomic mass is 16.4. The van der Waals surface area contributed by atoms with E-state index in [9.17, 15) is 4.79 Å². The van der Waals surface area contributed by atoms with Crippen molar-refractivity contribution in [2.45, 2.75) is 65.0 Å². The third-order valence-electron chi connectivity index (χ3n) is 4.21. The third kappa shape index (κ3) is 7.60. The van der Waals surface area contributed by atoms with E-state index in [2.05, 4.69) is 43.4 Å². The highest BCUT2D eigenvalue weighted by molar-refractivity contribution is 5.67. The maximum Gasteiger partial charge on any atom is 0.303 e. The predicted molar refractivity (Wildman–Crippen MR) is 93.1 cm³/mol. The van der Waals surface area contributed by atoms with E-state index in [0.717, 1.165) is 30.7 Å². The van der Waals surface area contributed by atoms with Crippen molar-refractivity contribution >= 4 is 5.97 Å². The summed E-state index contributed by atoms with van der Waals surface area (Å²) in [6, 6.07) is 0. The molecule has 0 aromatic carbocycles. The smallest absolute Gasteiger partial charge is 0.303 e. The quantitative estimate of drug-likeness (QED) is 0.311. The Morgan fingerprint density at radius 3 is 2.05 bits per heavy atom. The lowest BCUT2D eigenvalue weighted by Crippen LogP contribution is -2.44. The molecule has 0 aromatic rings. The molecule has 0 unspecified atom stereocenters. The van der Waals surface area contributed by atoms with Crippen molar-refractivity contribution in [2.24, 2.45) is 0 Å². The van der Waals surface area contributed by atoms with Crippen LogP contribution >= 0.6 is 0 Å². The van der Waals surface area contributed by atoms with Crippen molar-refractivity contribution in [1.29, 1.82) is 0 Å². The largest absolute Gasteiger partial charge is 0.481 e. The molecule has 0 aliphatic heterocycles. The van der Waals surface area contributed by atoms with E-state index in [-0.39, 0.29) is 17.5 Å². The minimum Gasteiger partial charge on any atom is -0.481 e. The molecule has 3 N–H and O–H groups in total. The van der Waals surface area contributed by atoms with Gasteiger partial charge in [-0.05, 0) is 66.1 Å². The Morgan fingerprint density at radius 1 is 1.09 bits per heavy atom. The number of carbonyl (C=O) groups is 1. The Balaban J connectivity index is 4.11. The van der Waals surface area contributed by atoms with Crippen molar-refractivity contribution in [3.05, 3.63) is 30.0 Å². The lowest BCUT2D eigenvalue weighted by atomic mass is 9.91. The van der Waals surface area contributed by atoms with Gasteiger partial charge in [0.2, 0.25) is 0 Å². The maximum absolute atomic E-state index is 10.6. The molecule has 0 rings (SSSR count). The van der Waals surface area contributed by atoms with Crippen LogP contribution in [0.25, 0.3) is 0 Å². The van der Waals surface area contributed by atoms with Crippen LogP contribution in [0.4, 0.5) is 0 Å². The first-order valence-corrected chi connectivity index (χ1v) is 7.80. The van der Waals surface area contributed by atoms with Gasteiger partial charge in [0.05, 0.1) is 0 Å². The fourth-order valence-corrected chi connectivity index (χ4v) is 1.94. The van der Waals surface area contributed by atoms with Crippen molar-refractivity contribution < 1.29 is 9.90 Å². The zero-order valence-corrected chi connectivity index (χ0v) is 14.8. The van der Waals surface area contributed by atoms with Crippen LogP contribution in [0.1, 0.15) is 53.9 Å². The molecular formula is C18H32N2O2. The summed E-state index contributed by atoms with van der Waals surface area (Å²) < 4.78 is 0. The van der Waals surface area contributed by atoms with Crippen LogP contribution in [0.2, 0.25) is 0 Å². The Bertz CT molecular complexity index is 444. The van der Waals surface area contributed by atoms with Crippen LogP contribution < -0.4 is 10.6 Å². The molecule has 0 aliphatic rings. The van der Waals surface area contributed by atoms with E-state index >= 15 is 0 Å². The molecular weight excluding hydrogens is 276 g/mol. The SMILES string of the molecule is C=C=C(C)C(C)(C)NCCCNC(C)(C)C(=C)CCC(=O)O. The standard InChI is InChI=1S/C18H32N2O2/c1-8-14(2)17(4,5)19-12-9-13-20-18(6,7)15(3)10-11-16(21)22/h19-20H,1,3,9-13H2,2,4-7H3,(H,21,22). The summed E-state index contributed by atoms with van der Waals surface area (Å²) in [5.41, 5.74) is 4.62. The fourth-order valence-electron chi connectivity index (χ4n) is 1.94. The third-order valence-corrected chi connectivity index (χ3v) is 4.21. The zero-order valence-electron chi connectivity index (χ0n) is 14.8. The lowest BCUT2D eigenvalue weighted by molar-refractivity contribution is -0.136. The second-order valence-electron chi connectivity index (χ2n) is 6.76. The highest BCUT2D eigenvalue weighted by Gasteiger charge is 2.21. The van der Waals surface area contributed by atoms with Crippen LogP contribution in [0.5, 0.6) is 0 Å². The van der Waals surface area contributed by atoms with Crippen LogP contribution in [0.3, 0.4) is 0 Å².